The third kappa shape index (κ3) is 5.98. The van der Waals surface area contributed by atoms with Crippen molar-refractivity contribution in [2.24, 2.45) is 0 Å². The Bertz CT molecular complexity index is 3090. The molecule has 0 saturated heterocycles. The summed E-state index contributed by atoms with van der Waals surface area (Å²) in [5.41, 5.74) is 11.5. The van der Waals surface area contributed by atoms with Crippen molar-refractivity contribution in [1.82, 2.24) is 15.0 Å². The average molecular weight is 703 g/mol. The van der Waals surface area contributed by atoms with Gasteiger partial charge in [0.15, 0.2) is 17.5 Å². The quantitative estimate of drug-likeness (QED) is 0.172. The van der Waals surface area contributed by atoms with Crippen LogP contribution in [0.15, 0.2) is 186 Å². The SMILES string of the molecule is N#Cc1ccc(-c2ccc(-c3nc(-c4ccc5ccccc5c4)nc(-c4ccc5c(c4)oc4cccc(-c6cccc(-c7ccccc7)c6)c45)n3)cc2)cc1. The molecule has 256 valence electrons. The zero-order valence-electron chi connectivity index (χ0n) is 29.5. The Hall–Kier alpha value is -7.68. The van der Waals surface area contributed by atoms with Crippen LogP contribution in [0.1, 0.15) is 5.56 Å². The molecule has 10 rings (SSSR count). The largest absolute Gasteiger partial charge is 0.456 e. The van der Waals surface area contributed by atoms with E-state index in [0.717, 1.165) is 71.7 Å². The van der Waals surface area contributed by atoms with Gasteiger partial charge in [0.2, 0.25) is 0 Å². The van der Waals surface area contributed by atoms with Gasteiger partial charge < -0.3 is 4.42 Å². The zero-order valence-corrected chi connectivity index (χ0v) is 29.5. The molecule has 0 amide bonds. The van der Waals surface area contributed by atoms with Crippen LogP contribution in [0.3, 0.4) is 0 Å². The van der Waals surface area contributed by atoms with E-state index in [0.29, 0.717) is 23.0 Å². The van der Waals surface area contributed by atoms with Gasteiger partial charge in [-0.15, -0.1) is 0 Å². The van der Waals surface area contributed by atoms with E-state index in [1.807, 2.05) is 66.7 Å². The summed E-state index contributed by atoms with van der Waals surface area (Å²) in [6, 6.07) is 64.2. The lowest BCUT2D eigenvalue weighted by Crippen LogP contribution is -2.00. The van der Waals surface area contributed by atoms with E-state index < -0.39 is 0 Å². The van der Waals surface area contributed by atoms with Gasteiger partial charge in [0.1, 0.15) is 11.2 Å². The van der Waals surface area contributed by atoms with Crippen LogP contribution in [-0.2, 0) is 0 Å². The van der Waals surface area contributed by atoms with Crippen LogP contribution < -0.4 is 0 Å². The van der Waals surface area contributed by atoms with Crippen LogP contribution in [0.5, 0.6) is 0 Å². The van der Waals surface area contributed by atoms with E-state index in [4.69, 9.17) is 19.4 Å². The summed E-state index contributed by atoms with van der Waals surface area (Å²) in [4.78, 5) is 15.1. The molecule has 2 heterocycles. The van der Waals surface area contributed by atoms with E-state index in [-0.39, 0.29) is 0 Å². The monoisotopic (exact) mass is 702 g/mol. The maximum Gasteiger partial charge on any atom is 0.164 e. The van der Waals surface area contributed by atoms with E-state index in [9.17, 15) is 5.26 Å². The predicted octanol–water partition coefficient (Wildman–Crippen LogP) is 12.8. The topological polar surface area (TPSA) is 75.6 Å². The molecule has 0 N–H and O–H groups in total. The number of benzene rings is 8. The number of aromatic nitrogens is 3. The van der Waals surface area contributed by atoms with Crippen molar-refractivity contribution in [3.8, 4) is 73.6 Å². The Morgan fingerprint density at radius 1 is 0.382 bits per heavy atom. The molecule has 0 unspecified atom stereocenters. The van der Waals surface area contributed by atoms with Crippen LogP contribution in [0, 0.1) is 11.3 Å². The first kappa shape index (κ1) is 32.0. The Balaban J connectivity index is 1.08. The first-order valence-electron chi connectivity index (χ1n) is 18.1. The number of nitriles is 1. The number of fused-ring (bicyclic) bond motifs is 4. The van der Waals surface area contributed by atoms with Crippen LogP contribution >= 0.6 is 0 Å². The standard InChI is InChI=1S/C50H30N4O/c51-31-32-16-18-35(19-17-32)36-20-23-37(24-21-36)48-52-49(41-25-22-34-10-4-5-11-38(34)29-41)54-50(53-48)42-26-27-44-46(30-42)55-45-15-7-14-43(47(44)45)40-13-6-12-39(28-40)33-8-2-1-3-9-33/h1-30H. The van der Waals surface area contributed by atoms with Crippen molar-refractivity contribution in [2.75, 3.05) is 0 Å². The molecule has 0 fully saturated rings. The van der Waals surface area contributed by atoms with Gasteiger partial charge in [0.05, 0.1) is 11.6 Å². The molecule has 5 nitrogen and oxygen atoms in total. The highest BCUT2D eigenvalue weighted by atomic mass is 16.3. The first-order valence-corrected chi connectivity index (χ1v) is 18.1. The third-order valence-electron chi connectivity index (χ3n) is 10.2. The highest BCUT2D eigenvalue weighted by Gasteiger charge is 2.17. The summed E-state index contributed by atoms with van der Waals surface area (Å²) < 4.78 is 6.55. The van der Waals surface area contributed by atoms with Crippen molar-refractivity contribution < 1.29 is 4.42 Å². The van der Waals surface area contributed by atoms with E-state index >= 15 is 0 Å². The van der Waals surface area contributed by atoms with Gasteiger partial charge >= 0.3 is 0 Å². The second-order valence-electron chi connectivity index (χ2n) is 13.6. The lowest BCUT2D eigenvalue weighted by atomic mass is 9.96. The van der Waals surface area contributed by atoms with Crippen LogP contribution in [0.4, 0.5) is 0 Å². The van der Waals surface area contributed by atoms with Gasteiger partial charge in [0.25, 0.3) is 0 Å². The summed E-state index contributed by atoms with van der Waals surface area (Å²) in [7, 11) is 0. The van der Waals surface area contributed by atoms with Crippen molar-refractivity contribution in [2.45, 2.75) is 0 Å². The smallest absolute Gasteiger partial charge is 0.164 e. The molecule has 0 aliphatic rings. The maximum absolute atomic E-state index is 9.23. The molecule has 0 radical (unpaired) electrons. The number of rotatable bonds is 6. The van der Waals surface area contributed by atoms with Crippen molar-refractivity contribution >= 4 is 32.7 Å². The molecule has 0 aliphatic carbocycles. The lowest BCUT2D eigenvalue weighted by Gasteiger charge is -2.10. The first-order chi connectivity index (χ1) is 27.2. The van der Waals surface area contributed by atoms with Crippen LogP contribution in [0.25, 0.3) is 100 Å². The maximum atomic E-state index is 9.23. The lowest BCUT2D eigenvalue weighted by molar-refractivity contribution is 0.669. The van der Waals surface area contributed by atoms with Crippen LogP contribution in [0.2, 0.25) is 0 Å². The molecule has 0 aliphatic heterocycles. The van der Waals surface area contributed by atoms with Crippen molar-refractivity contribution in [3.63, 3.8) is 0 Å². The normalized spacial score (nSPS) is 11.3. The molecular weight excluding hydrogens is 673 g/mol. The molecule has 0 spiro atoms. The minimum absolute atomic E-state index is 0.558. The second-order valence-corrected chi connectivity index (χ2v) is 13.6. The molecule has 0 bridgehead atoms. The summed E-state index contributed by atoms with van der Waals surface area (Å²) in [6.45, 7) is 0. The van der Waals surface area contributed by atoms with Gasteiger partial charge in [-0.1, -0.05) is 140 Å². The van der Waals surface area contributed by atoms with Crippen molar-refractivity contribution in [1.29, 1.82) is 5.26 Å². The Labute approximate surface area is 317 Å². The van der Waals surface area contributed by atoms with Crippen LogP contribution in [-0.4, -0.2) is 15.0 Å². The van der Waals surface area contributed by atoms with Gasteiger partial charge in [0, 0.05) is 27.5 Å². The Morgan fingerprint density at radius 2 is 0.945 bits per heavy atom. The number of furan rings is 1. The fourth-order valence-electron chi connectivity index (χ4n) is 7.34. The van der Waals surface area contributed by atoms with Gasteiger partial charge in [-0.2, -0.15) is 5.26 Å². The highest BCUT2D eigenvalue weighted by Crippen LogP contribution is 2.39. The van der Waals surface area contributed by atoms with Crippen molar-refractivity contribution in [3.05, 3.63) is 188 Å². The molecular formula is C50H30N4O. The minimum Gasteiger partial charge on any atom is -0.456 e. The zero-order chi connectivity index (χ0) is 36.7. The average Bonchev–Trinajstić information content (AvgIpc) is 3.65. The minimum atomic E-state index is 0.558. The van der Waals surface area contributed by atoms with E-state index in [1.54, 1.807) is 0 Å². The number of hydrogen-bond donors (Lipinski definition) is 0. The summed E-state index contributed by atoms with van der Waals surface area (Å²) in [5, 5.41) is 13.6. The molecule has 10 aromatic rings. The number of hydrogen-bond acceptors (Lipinski definition) is 5. The van der Waals surface area contributed by atoms with Gasteiger partial charge in [-0.25, -0.2) is 15.0 Å². The Kier molecular flexibility index (Phi) is 7.79. The Morgan fingerprint density at radius 3 is 1.71 bits per heavy atom. The molecule has 55 heavy (non-hydrogen) atoms. The number of nitrogens with zero attached hydrogens (tertiary/aromatic N) is 4. The van der Waals surface area contributed by atoms with E-state index in [1.165, 1.54) is 11.1 Å². The predicted molar refractivity (Wildman–Crippen MR) is 222 cm³/mol. The van der Waals surface area contributed by atoms with Gasteiger partial charge in [-0.05, 0) is 86.6 Å². The molecule has 5 heteroatoms. The molecule has 0 saturated carbocycles. The van der Waals surface area contributed by atoms with E-state index in [2.05, 4.69) is 121 Å². The van der Waals surface area contributed by atoms with Gasteiger partial charge in [-0.3, -0.25) is 0 Å². The molecule has 2 aromatic heterocycles. The summed E-state index contributed by atoms with van der Waals surface area (Å²) in [5.74, 6) is 1.72. The fraction of sp³-hybridized carbons (Fsp3) is 0. The third-order valence-corrected chi connectivity index (χ3v) is 10.2. The molecule has 8 aromatic carbocycles. The summed E-state index contributed by atoms with van der Waals surface area (Å²) in [6.07, 6.45) is 0. The molecule has 0 atom stereocenters. The second kappa shape index (κ2) is 13.4. The fourth-order valence-corrected chi connectivity index (χ4v) is 7.34. The highest BCUT2D eigenvalue weighted by molar-refractivity contribution is 6.13. The summed E-state index contributed by atoms with van der Waals surface area (Å²) >= 11 is 0.